The fraction of sp³-hybridized carbons (Fsp3) is 0.250. The Hall–Kier alpha value is -2.61. The molecular formula is C16H13FN4. The third-order valence-corrected chi connectivity index (χ3v) is 4.10. The number of fused-ring (bicyclic) bond motifs is 5. The van der Waals surface area contributed by atoms with Crippen LogP contribution < -0.4 is 0 Å². The van der Waals surface area contributed by atoms with Crippen LogP contribution in [0.3, 0.4) is 0 Å². The summed E-state index contributed by atoms with van der Waals surface area (Å²) in [4.78, 5) is 0. The Morgan fingerprint density at radius 1 is 1.19 bits per heavy atom. The van der Waals surface area contributed by atoms with E-state index in [-0.39, 0.29) is 5.82 Å². The first-order chi connectivity index (χ1) is 10.3. The zero-order chi connectivity index (χ0) is 14.4. The quantitative estimate of drug-likeness (QED) is 0.634. The number of hydrogen-bond acceptors (Lipinski definition) is 2. The summed E-state index contributed by atoms with van der Waals surface area (Å²) >= 11 is 0. The maximum atomic E-state index is 13.6. The number of rotatable bonds is 0. The van der Waals surface area contributed by atoms with E-state index in [4.69, 9.17) is 0 Å². The largest absolute Gasteiger partial charge is 0.338 e. The molecule has 0 amide bonds. The Kier molecular flexibility index (Phi) is 2.58. The summed E-state index contributed by atoms with van der Waals surface area (Å²) < 4.78 is 17.6. The molecule has 0 saturated heterocycles. The molecule has 4 nitrogen and oxygen atoms in total. The number of nitrogens with zero attached hydrogens (tertiary/aromatic N) is 4. The summed E-state index contributed by atoms with van der Waals surface area (Å²) in [5.41, 5.74) is 3.18. The first-order valence-electron chi connectivity index (χ1n) is 7.03. The van der Waals surface area contributed by atoms with E-state index in [2.05, 4.69) is 15.7 Å². The molecule has 4 rings (SSSR count). The standard InChI is InChI=1S/C16H13FN4/c17-11-3-4-12-13(10-18)16-14-5-6-19-21(14)8-2-1-7-20(16)15(12)9-11/h3-6,9H,1-2,7-8H2. The number of hydrogen-bond donors (Lipinski definition) is 0. The third kappa shape index (κ3) is 1.69. The first kappa shape index (κ1) is 12.2. The Balaban J connectivity index is 2.15. The van der Waals surface area contributed by atoms with Crippen LogP contribution in [-0.4, -0.2) is 14.3 Å². The summed E-state index contributed by atoms with van der Waals surface area (Å²) in [7, 11) is 0. The SMILES string of the molecule is N#Cc1c2n(c3cc(F)ccc13)CCCCn1nccc1-2. The molecule has 0 unspecified atom stereocenters. The maximum absolute atomic E-state index is 13.6. The molecule has 0 N–H and O–H groups in total. The number of aryl methyl sites for hydroxylation is 2. The Labute approximate surface area is 121 Å². The molecule has 3 aromatic rings. The van der Waals surface area contributed by atoms with Crippen LogP contribution in [0.4, 0.5) is 4.39 Å². The van der Waals surface area contributed by atoms with Gasteiger partial charge in [-0.05, 0) is 37.1 Å². The summed E-state index contributed by atoms with van der Waals surface area (Å²) in [6.07, 6.45) is 3.76. The van der Waals surface area contributed by atoms with Gasteiger partial charge in [0.1, 0.15) is 11.9 Å². The van der Waals surface area contributed by atoms with Crippen LogP contribution in [0.2, 0.25) is 0 Å². The van der Waals surface area contributed by atoms with Gasteiger partial charge >= 0.3 is 0 Å². The van der Waals surface area contributed by atoms with E-state index in [0.717, 1.165) is 48.2 Å². The predicted molar refractivity (Wildman–Crippen MR) is 77.1 cm³/mol. The van der Waals surface area contributed by atoms with Gasteiger partial charge in [0.2, 0.25) is 0 Å². The minimum absolute atomic E-state index is 0.275. The minimum atomic E-state index is -0.275. The molecule has 0 saturated carbocycles. The fourth-order valence-corrected chi connectivity index (χ4v) is 3.18. The van der Waals surface area contributed by atoms with E-state index in [1.54, 1.807) is 12.3 Å². The zero-order valence-corrected chi connectivity index (χ0v) is 11.4. The summed E-state index contributed by atoms with van der Waals surface area (Å²) in [6.45, 7) is 1.64. The molecule has 2 aromatic heterocycles. The molecule has 21 heavy (non-hydrogen) atoms. The first-order valence-corrected chi connectivity index (χ1v) is 7.03. The molecule has 1 aliphatic heterocycles. The smallest absolute Gasteiger partial charge is 0.125 e. The third-order valence-electron chi connectivity index (χ3n) is 4.10. The lowest BCUT2D eigenvalue weighted by atomic mass is 10.1. The molecule has 0 fully saturated rings. The maximum Gasteiger partial charge on any atom is 0.125 e. The molecule has 0 spiro atoms. The molecule has 3 heterocycles. The zero-order valence-electron chi connectivity index (χ0n) is 11.4. The number of halogens is 1. The van der Waals surface area contributed by atoms with Crippen LogP contribution in [0.1, 0.15) is 18.4 Å². The molecule has 104 valence electrons. The second-order valence-corrected chi connectivity index (χ2v) is 5.30. The Bertz CT molecular complexity index is 882. The molecule has 5 heteroatoms. The average Bonchev–Trinajstić information content (AvgIpc) is 3.02. The van der Waals surface area contributed by atoms with Crippen molar-refractivity contribution >= 4 is 10.9 Å². The van der Waals surface area contributed by atoms with Crippen molar-refractivity contribution in [2.24, 2.45) is 0 Å². The van der Waals surface area contributed by atoms with Crippen molar-refractivity contribution in [2.45, 2.75) is 25.9 Å². The normalized spacial score (nSPS) is 14.1. The van der Waals surface area contributed by atoms with Gasteiger partial charge in [0.05, 0.1) is 22.5 Å². The second kappa shape index (κ2) is 4.45. The van der Waals surface area contributed by atoms with Crippen molar-refractivity contribution in [1.29, 1.82) is 5.26 Å². The van der Waals surface area contributed by atoms with E-state index in [1.807, 2.05) is 10.7 Å². The minimum Gasteiger partial charge on any atom is -0.338 e. The van der Waals surface area contributed by atoms with Crippen LogP contribution in [-0.2, 0) is 13.1 Å². The molecule has 0 bridgehead atoms. The highest BCUT2D eigenvalue weighted by atomic mass is 19.1. The molecule has 0 radical (unpaired) electrons. The van der Waals surface area contributed by atoms with Crippen LogP contribution in [0.15, 0.2) is 30.5 Å². The molecule has 1 aliphatic rings. The van der Waals surface area contributed by atoms with Gasteiger partial charge in [-0.15, -0.1) is 0 Å². The van der Waals surface area contributed by atoms with Crippen LogP contribution in [0, 0.1) is 17.1 Å². The van der Waals surface area contributed by atoms with Gasteiger partial charge in [-0.3, -0.25) is 4.68 Å². The summed E-state index contributed by atoms with van der Waals surface area (Å²) in [6, 6.07) is 8.84. The van der Waals surface area contributed by atoms with E-state index in [9.17, 15) is 9.65 Å². The van der Waals surface area contributed by atoms with Crippen molar-refractivity contribution in [1.82, 2.24) is 14.3 Å². The van der Waals surface area contributed by atoms with Crippen molar-refractivity contribution in [3.05, 3.63) is 41.8 Å². The molecule has 0 aliphatic carbocycles. The highest BCUT2D eigenvalue weighted by molar-refractivity contribution is 5.94. The molecular weight excluding hydrogens is 267 g/mol. The molecule has 1 aromatic carbocycles. The van der Waals surface area contributed by atoms with Crippen LogP contribution in [0.5, 0.6) is 0 Å². The van der Waals surface area contributed by atoms with Gasteiger partial charge in [0.15, 0.2) is 0 Å². The summed E-state index contributed by atoms with van der Waals surface area (Å²) in [5, 5.41) is 14.7. The van der Waals surface area contributed by atoms with Gasteiger partial charge in [-0.1, -0.05) is 0 Å². The van der Waals surface area contributed by atoms with E-state index < -0.39 is 0 Å². The highest BCUT2D eigenvalue weighted by Crippen LogP contribution is 2.35. The van der Waals surface area contributed by atoms with E-state index >= 15 is 0 Å². The second-order valence-electron chi connectivity index (χ2n) is 5.30. The highest BCUT2D eigenvalue weighted by Gasteiger charge is 2.22. The lowest BCUT2D eigenvalue weighted by Gasteiger charge is -2.16. The van der Waals surface area contributed by atoms with Gasteiger partial charge in [0, 0.05) is 24.7 Å². The Morgan fingerprint density at radius 2 is 2.05 bits per heavy atom. The average molecular weight is 280 g/mol. The van der Waals surface area contributed by atoms with Crippen molar-refractivity contribution in [2.75, 3.05) is 0 Å². The number of benzene rings is 1. The lowest BCUT2D eigenvalue weighted by molar-refractivity contribution is 0.514. The number of aromatic nitrogens is 3. The predicted octanol–water partition coefficient (Wildman–Crippen LogP) is 3.31. The summed E-state index contributed by atoms with van der Waals surface area (Å²) in [5.74, 6) is -0.275. The van der Waals surface area contributed by atoms with Crippen molar-refractivity contribution in [3.63, 3.8) is 0 Å². The van der Waals surface area contributed by atoms with Gasteiger partial charge in [-0.2, -0.15) is 10.4 Å². The van der Waals surface area contributed by atoms with E-state index in [0.29, 0.717) is 5.56 Å². The number of nitriles is 1. The van der Waals surface area contributed by atoms with Gasteiger partial charge in [-0.25, -0.2) is 4.39 Å². The molecule has 0 atom stereocenters. The topological polar surface area (TPSA) is 46.5 Å². The lowest BCUT2D eigenvalue weighted by Crippen LogP contribution is -2.11. The van der Waals surface area contributed by atoms with Crippen LogP contribution >= 0.6 is 0 Å². The Morgan fingerprint density at radius 3 is 2.90 bits per heavy atom. The van der Waals surface area contributed by atoms with Crippen molar-refractivity contribution < 1.29 is 4.39 Å². The van der Waals surface area contributed by atoms with Gasteiger partial charge < -0.3 is 4.57 Å². The van der Waals surface area contributed by atoms with E-state index in [1.165, 1.54) is 12.1 Å². The van der Waals surface area contributed by atoms with Gasteiger partial charge in [0.25, 0.3) is 0 Å². The fourth-order valence-electron chi connectivity index (χ4n) is 3.18. The monoisotopic (exact) mass is 280 g/mol. The van der Waals surface area contributed by atoms with Crippen molar-refractivity contribution in [3.8, 4) is 17.5 Å². The van der Waals surface area contributed by atoms with Crippen LogP contribution in [0.25, 0.3) is 22.3 Å².